The largest absolute Gasteiger partial charge is 0.378 e. The molecule has 0 saturated carbocycles. The molecule has 0 aromatic heterocycles. The van der Waals surface area contributed by atoms with Crippen molar-refractivity contribution >= 4 is 0 Å². The van der Waals surface area contributed by atoms with E-state index in [1.807, 2.05) is 72.8 Å². The molecule has 5 rings (SSSR count). The van der Waals surface area contributed by atoms with E-state index in [4.69, 9.17) is 23.7 Å². The molecule has 1 fully saturated rings. The predicted molar refractivity (Wildman–Crippen MR) is 172 cm³/mol. The minimum Gasteiger partial charge on any atom is -0.378 e. The Morgan fingerprint density at radius 3 is 1.25 bits per heavy atom. The van der Waals surface area contributed by atoms with E-state index in [1.165, 1.54) is 22.3 Å². The molecule has 5 atom stereocenters. The van der Waals surface area contributed by atoms with Gasteiger partial charge in [-0.25, -0.2) is 0 Å². The minimum atomic E-state index is -1.18. The van der Waals surface area contributed by atoms with E-state index in [0.717, 1.165) is 19.3 Å². The minimum absolute atomic E-state index is 0.273. The Balaban J connectivity index is 1.28. The molecule has 0 radical (unpaired) electrons. The maximum atomic E-state index is 11.2. The van der Waals surface area contributed by atoms with Crippen molar-refractivity contribution in [1.29, 1.82) is 0 Å². The van der Waals surface area contributed by atoms with Gasteiger partial charge in [0.05, 0.1) is 33.0 Å². The van der Waals surface area contributed by atoms with E-state index >= 15 is 0 Å². The third-order valence-corrected chi connectivity index (χ3v) is 7.90. The van der Waals surface area contributed by atoms with Gasteiger partial charge < -0.3 is 28.8 Å². The van der Waals surface area contributed by atoms with E-state index in [2.05, 4.69) is 48.5 Å². The summed E-state index contributed by atoms with van der Waals surface area (Å²) >= 11 is 0. The highest BCUT2D eigenvalue weighted by Gasteiger charge is 2.47. The fourth-order valence-electron chi connectivity index (χ4n) is 5.50. The van der Waals surface area contributed by atoms with Crippen LogP contribution in [0.15, 0.2) is 121 Å². The van der Waals surface area contributed by atoms with Crippen LogP contribution in [0, 0.1) is 0 Å². The first kappa shape index (κ1) is 32.0. The van der Waals surface area contributed by atoms with Gasteiger partial charge >= 0.3 is 0 Å². The molecule has 0 spiro atoms. The van der Waals surface area contributed by atoms with Crippen molar-refractivity contribution < 1.29 is 28.8 Å². The zero-order valence-corrected chi connectivity index (χ0v) is 25.3. The lowest BCUT2D eigenvalue weighted by molar-refractivity contribution is -0.311. The standard InChI is InChI=1S/C38H44O6/c39-38-37(43-28-24-33-19-11-4-12-20-33)36(42-27-23-32-17-9-3-10-18-32)35(41-26-22-31-15-7-2-8-16-31)34(44-38)29-40-25-21-30-13-5-1-6-14-30/h1-20,34-39H,21-29H2/t34-,35+,36+,37-,38?/m1/s1. The summed E-state index contributed by atoms with van der Waals surface area (Å²) in [6.07, 6.45) is -0.455. The highest BCUT2D eigenvalue weighted by molar-refractivity contribution is 5.17. The van der Waals surface area contributed by atoms with Crippen molar-refractivity contribution in [1.82, 2.24) is 0 Å². The van der Waals surface area contributed by atoms with Gasteiger partial charge in [0.1, 0.15) is 24.4 Å². The predicted octanol–water partition coefficient (Wildman–Crippen LogP) is 5.85. The van der Waals surface area contributed by atoms with Gasteiger partial charge in [0.15, 0.2) is 6.29 Å². The Morgan fingerprint density at radius 1 is 0.455 bits per heavy atom. The number of hydrogen-bond acceptors (Lipinski definition) is 6. The average Bonchev–Trinajstić information content (AvgIpc) is 3.07. The van der Waals surface area contributed by atoms with Gasteiger partial charge in [-0.3, -0.25) is 0 Å². The lowest BCUT2D eigenvalue weighted by Gasteiger charge is -2.44. The van der Waals surface area contributed by atoms with Crippen LogP contribution in [0.2, 0.25) is 0 Å². The molecular formula is C38H44O6. The fourth-order valence-corrected chi connectivity index (χ4v) is 5.50. The molecule has 232 valence electrons. The smallest absolute Gasteiger partial charge is 0.184 e. The van der Waals surface area contributed by atoms with Gasteiger partial charge in [0, 0.05) is 0 Å². The third-order valence-electron chi connectivity index (χ3n) is 7.90. The highest BCUT2D eigenvalue weighted by Crippen LogP contribution is 2.28. The summed E-state index contributed by atoms with van der Waals surface area (Å²) in [5, 5.41) is 11.2. The van der Waals surface area contributed by atoms with Crippen LogP contribution < -0.4 is 0 Å². The normalized spacial score (nSPS) is 21.7. The summed E-state index contributed by atoms with van der Waals surface area (Å²) < 4.78 is 31.7. The molecule has 6 nitrogen and oxygen atoms in total. The Hall–Kier alpha value is -3.36. The van der Waals surface area contributed by atoms with Crippen LogP contribution >= 0.6 is 0 Å². The zero-order valence-electron chi connectivity index (χ0n) is 25.3. The maximum absolute atomic E-state index is 11.2. The summed E-state index contributed by atoms with van der Waals surface area (Å²) in [5.41, 5.74) is 4.75. The molecule has 44 heavy (non-hydrogen) atoms. The first-order valence-corrected chi connectivity index (χ1v) is 15.7. The molecule has 1 aliphatic rings. The Bertz CT molecular complexity index is 1300. The van der Waals surface area contributed by atoms with E-state index in [9.17, 15) is 5.11 Å². The van der Waals surface area contributed by atoms with Crippen molar-refractivity contribution in [2.45, 2.75) is 56.4 Å². The number of hydrogen-bond donors (Lipinski definition) is 1. The summed E-state index contributed by atoms with van der Waals surface area (Å²) in [6, 6.07) is 40.9. The van der Waals surface area contributed by atoms with Crippen molar-refractivity contribution in [2.24, 2.45) is 0 Å². The second kappa shape index (κ2) is 17.8. The van der Waals surface area contributed by atoms with E-state index < -0.39 is 30.7 Å². The van der Waals surface area contributed by atoms with Crippen LogP contribution in [-0.4, -0.2) is 68.8 Å². The molecule has 1 saturated heterocycles. The third kappa shape index (κ3) is 10.1. The van der Waals surface area contributed by atoms with Crippen LogP contribution in [0.3, 0.4) is 0 Å². The van der Waals surface area contributed by atoms with Gasteiger partial charge in [-0.1, -0.05) is 121 Å². The molecule has 1 unspecified atom stereocenters. The Kier molecular flexibility index (Phi) is 13.0. The van der Waals surface area contributed by atoms with Crippen LogP contribution in [-0.2, 0) is 49.4 Å². The van der Waals surface area contributed by atoms with E-state index in [-0.39, 0.29) is 6.61 Å². The van der Waals surface area contributed by atoms with Crippen LogP contribution in [0.5, 0.6) is 0 Å². The molecule has 1 N–H and O–H groups in total. The molecule has 4 aromatic carbocycles. The molecule has 6 heteroatoms. The van der Waals surface area contributed by atoms with Gasteiger partial charge in [-0.15, -0.1) is 0 Å². The second-order valence-electron chi connectivity index (χ2n) is 11.1. The monoisotopic (exact) mass is 596 g/mol. The Morgan fingerprint density at radius 2 is 0.818 bits per heavy atom. The number of aliphatic hydroxyl groups excluding tert-OH is 1. The quantitative estimate of drug-likeness (QED) is 0.154. The molecule has 0 aliphatic carbocycles. The summed E-state index contributed by atoms with van der Waals surface area (Å²) in [4.78, 5) is 0. The molecule has 4 aromatic rings. The second-order valence-corrected chi connectivity index (χ2v) is 11.1. The van der Waals surface area contributed by atoms with Crippen molar-refractivity contribution in [2.75, 3.05) is 33.0 Å². The summed E-state index contributed by atoms with van der Waals surface area (Å²) in [5.74, 6) is 0. The van der Waals surface area contributed by atoms with Crippen molar-refractivity contribution in [3.8, 4) is 0 Å². The summed E-state index contributed by atoms with van der Waals surface area (Å²) in [6.45, 7) is 2.16. The fraction of sp³-hybridized carbons (Fsp3) is 0.368. The SMILES string of the molecule is OC1O[C@H](COCCc2ccccc2)[C@H](OCCc2ccccc2)[C@H](OCCc2ccccc2)[C@H]1OCCc1ccccc1. The van der Waals surface area contributed by atoms with Gasteiger partial charge in [0.2, 0.25) is 0 Å². The first-order chi connectivity index (χ1) is 21.8. The van der Waals surface area contributed by atoms with Gasteiger partial charge in [-0.2, -0.15) is 0 Å². The Labute approximate surface area is 261 Å². The van der Waals surface area contributed by atoms with Crippen LogP contribution in [0.1, 0.15) is 22.3 Å². The van der Waals surface area contributed by atoms with Gasteiger partial charge in [0.25, 0.3) is 0 Å². The number of ether oxygens (including phenoxy) is 5. The van der Waals surface area contributed by atoms with Crippen molar-refractivity contribution in [3.05, 3.63) is 144 Å². The molecule has 0 bridgehead atoms. The molecule has 1 aliphatic heterocycles. The van der Waals surface area contributed by atoms with E-state index in [0.29, 0.717) is 32.8 Å². The highest BCUT2D eigenvalue weighted by atomic mass is 16.7. The summed E-state index contributed by atoms with van der Waals surface area (Å²) in [7, 11) is 0. The molecule has 1 heterocycles. The number of rotatable bonds is 17. The topological polar surface area (TPSA) is 66.4 Å². The lowest BCUT2D eigenvalue weighted by Crippen LogP contribution is -2.61. The van der Waals surface area contributed by atoms with Crippen LogP contribution in [0.25, 0.3) is 0 Å². The lowest BCUT2D eigenvalue weighted by atomic mass is 9.98. The van der Waals surface area contributed by atoms with E-state index in [1.54, 1.807) is 0 Å². The van der Waals surface area contributed by atoms with Gasteiger partial charge in [-0.05, 0) is 47.9 Å². The number of benzene rings is 4. The molecular weight excluding hydrogens is 552 g/mol. The van der Waals surface area contributed by atoms with Crippen LogP contribution in [0.4, 0.5) is 0 Å². The molecule has 0 amide bonds. The average molecular weight is 597 g/mol. The number of aliphatic hydroxyl groups is 1. The zero-order chi connectivity index (χ0) is 30.2. The maximum Gasteiger partial charge on any atom is 0.184 e. The first-order valence-electron chi connectivity index (χ1n) is 15.7. The van der Waals surface area contributed by atoms with Crippen molar-refractivity contribution in [3.63, 3.8) is 0 Å².